The topological polar surface area (TPSA) is 118 Å². The fraction of sp³-hybridized carbons (Fsp3) is 0.759. The number of allylic oxidation sites excluding steroid dienone is 1. The molecule has 0 aromatic carbocycles. The number of rotatable bonds is 16. The Morgan fingerprint density at radius 2 is 1.85 bits per heavy atom. The molecule has 10 heteroatoms. The second-order valence-corrected chi connectivity index (χ2v) is 11.3. The number of hydrogen-bond acceptors (Lipinski definition) is 7. The molecule has 4 atom stereocenters. The molecule has 2 amide bonds. The first-order valence-corrected chi connectivity index (χ1v) is 14.6. The molecule has 0 saturated carbocycles. The molecule has 2 N–H and O–H groups in total. The summed E-state index contributed by atoms with van der Waals surface area (Å²) in [5, 5.41) is 12.9. The standard InChI is InChI=1S/C29H47N3O7/c1-5-7-11-31(12-8-6-2)17-27(33)30-23(13-20(3)4)28(34)32-16-22(15-24(32)29(35)36)37-18-21-9-10-25-26(14-21)39-19-38-25/h10,14,20-24H,5-9,11-13,15-19H2,1-4H3,(H,30,33)(H,35,36)/t21?,22-,23?,24+/m1/s1. The summed E-state index contributed by atoms with van der Waals surface area (Å²) in [6.07, 6.45) is 9.08. The van der Waals surface area contributed by atoms with Crippen molar-refractivity contribution < 1.29 is 33.7 Å². The number of amides is 2. The van der Waals surface area contributed by atoms with E-state index in [-0.39, 0.29) is 50.0 Å². The normalized spacial score (nSPS) is 23.1. The van der Waals surface area contributed by atoms with Crippen LogP contribution in [0.4, 0.5) is 0 Å². The Morgan fingerprint density at radius 1 is 1.15 bits per heavy atom. The number of carboxylic acids is 1. The Kier molecular flexibility index (Phi) is 12.1. The van der Waals surface area contributed by atoms with E-state index in [9.17, 15) is 19.5 Å². The van der Waals surface area contributed by atoms with Crippen LogP contribution in [0.2, 0.25) is 0 Å². The van der Waals surface area contributed by atoms with Gasteiger partial charge < -0.3 is 29.5 Å². The van der Waals surface area contributed by atoms with Gasteiger partial charge in [-0.25, -0.2) is 4.79 Å². The molecule has 220 valence electrons. The van der Waals surface area contributed by atoms with E-state index in [0.717, 1.165) is 56.7 Å². The molecule has 0 bridgehead atoms. The zero-order valence-electron chi connectivity index (χ0n) is 24.0. The highest BCUT2D eigenvalue weighted by Crippen LogP contribution is 2.30. The molecule has 39 heavy (non-hydrogen) atoms. The number of hydrogen-bond donors (Lipinski definition) is 2. The summed E-state index contributed by atoms with van der Waals surface area (Å²) in [5.74, 6) is 0.105. The Labute approximate surface area is 232 Å². The summed E-state index contributed by atoms with van der Waals surface area (Å²) in [7, 11) is 0. The number of nitrogens with zero attached hydrogens (tertiary/aromatic N) is 2. The molecular weight excluding hydrogens is 502 g/mol. The SMILES string of the molecule is CCCCN(CCCC)CC(=O)NC(CC(C)C)C(=O)N1C[C@H](OCC2C=C3OCOC3=CC2)C[C@H]1C(=O)O. The highest BCUT2D eigenvalue weighted by molar-refractivity contribution is 5.91. The van der Waals surface area contributed by atoms with Crippen LogP contribution >= 0.6 is 0 Å². The van der Waals surface area contributed by atoms with Crippen LogP contribution in [0.3, 0.4) is 0 Å². The maximum atomic E-state index is 13.7. The van der Waals surface area contributed by atoms with Gasteiger partial charge in [-0.15, -0.1) is 0 Å². The van der Waals surface area contributed by atoms with Gasteiger partial charge in [-0.3, -0.25) is 14.5 Å². The molecule has 3 rings (SSSR count). The number of unbranched alkanes of at least 4 members (excludes halogenated alkanes) is 2. The quantitative estimate of drug-likeness (QED) is 0.301. The van der Waals surface area contributed by atoms with Crippen molar-refractivity contribution in [2.24, 2.45) is 11.8 Å². The largest absolute Gasteiger partial charge is 0.480 e. The molecule has 10 nitrogen and oxygen atoms in total. The molecule has 2 heterocycles. The fourth-order valence-electron chi connectivity index (χ4n) is 5.27. The van der Waals surface area contributed by atoms with Gasteiger partial charge in [0.15, 0.2) is 11.5 Å². The van der Waals surface area contributed by atoms with Crippen molar-refractivity contribution in [3.63, 3.8) is 0 Å². The lowest BCUT2D eigenvalue weighted by atomic mass is 10.00. The first-order valence-electron chi connectivity index (χ1n) is 14.6. The van der Waals surface area contributed by atoms with Gasteiger partial charge in [0, 0.05) is 18.9 Å². The first-order chi connectivity index (χ1) is 18.7. The maximum absolute atomic E-state index is 13.7. The molecule has 2 aliphatic heterocycles. The number of likely N-dealkylation sites (tertiary alicyclic amines) is 1. The van der Waals surface area contributed by atoms with Crippen LogP contribution in [0, 0.1) is 11.8 Å². The average molecular weight is 550 g/mol. The van der Waals surface area contributed by atoms with E-state index in [1.807, 2.05) is 26.0 Å². The number of fused-ring (bicyclic) bond motifs is 1. The average Bonchev–Trinajstić information content (AvgIpc) is 3.55. The minimum Gasteiger partial charge on any atom is -0.480 e. The smallest absolute Gasteiger partial charge is 0.326 e. The Bertz CT molecular complexity index is 895. The monoisotopic (exact) mass is 549 g/mol. The predicted octanol–water partition coefficient (Wildman–Crippen LogP) is 3.28. The van der Waals surface area contributed by atoms with Gasteiger partial charge in [0.25, 0.3) is 0 Å². The van der Waals surface area contributed by atoms with Gasteiger partial charge in [-0.2, -0.15) is 0 Å². The molecule has 0 aromatic heterocycles. The van der Waals surface area contributed by atoms with E-state index in [4.69, 9.17) is 14.2 Å². The lowest BCUT2D eigenvalue weighted by Crippen LogP contribution is -2.53. The molecular formula is C29H47N3O7. The second kappa shape index (κ2) is 15.3. The van der Waals surface area contributed by atoms with Crippen LogP contribution in [0.15, 0.2) is 23.7 Å². The summed E-state index contributed by atoms with van der Waals surface area (Å²) < 4.78 is 16.9. The number of aliphatic carboxylic acids is 1. The van der Waals surface area contributed by atoms with Crippen molar-refractivity contribution in [2.45, 2.75) is 90.8 Å². The van der Waals surface area contributed by atoms with Crippen LogP contribution in [0.25, 0.3) is 0 Å². The number of nitrogens with one attached hydrogen (secondary N) is 1. The molecule has 0 radical (unpaired) electrons. The Hall–Kier alpha value is -2.59. The third kappa shape index (κ3) is 9.24. The Balaban J connectivity index is 1.61. The van der Waals surface area contributed by atoms with Crippen molar-refractivity contribution in [1.82, 2.24) is 15.1 Å². The lowest BCUT2D eigenvalue weighted by Gasteiger charge is -2.29. The predicted molar refractivity (Wildman–Crippen MR) is 146 cm³/mol. The van der Waals surface area contributed by atoms with Crippen molar-refractivity contribution in [2.75, 3.05) is 39.6 Å². The summed E-state index contributed by atoms with van der Waals surface area (Å²) in [6, 6.07) is -1.76. The highest BCUT2D eigenvalue weighted by atomic mass is 16.7. The number of ether oxygens (including phenoxy) is 3. The third-order valence-corrected chi connectivity index (χ3v) is 7.41. The van der Waals surface area contributed by atoms with Gasteiger partial charge in [-0.1, -0.05) is 40.5 Å². The van der Waals surface area contributed by atoms with Gasteiger partial charge in [0.1, 0.15) is 12.1 Å². The minimum atomic E-state index is -1.06. The molecule has 1 aliphatic carbocycles. The molecule has 0 aromatic rings. The van der Waals surface area contributed by atoms with Crippen molar-refractivity contribution >= 4 is 17.8 Å². The van der Waals surface area contributed by atoms with Crippen LogP contribution < -0.4 is 5.32 Å². The lowest BCUT2D eigenvalue weighted by molar-refractivity contribution is -0.149. The van der Waals surface area contributed by atoms with Gasteiger partial charge in [0.05, 0.1) is 19.3 Å². The van der Waals surface area contributed by atoms with E-state index in [2.05, 4.69) is 24.1 Å². The van der Waals surface area contributed by atoms with Crippen molar-refractivity contribution in [3.05, 3.63) is 23.7 Å². The second-order valence-electron chi connectivity index (χ2n) is 11.3. The van der Waals surface area contributed by atoms with Gasteiger partial charge >= 0.3 is 5.97 Å². The number of carboxylic acid groups (broad SMARTS) is 1. The molecule has 2 fully saturated rings. The Morgan fingerprint density at radius 3 is 2.49 bits per heavy atom. The zero-order valence-corrected chi connectivity index (χ0v) is 24.0. The van der Waals surface area contributed by atoms with Crippen LogP contribution in [-0.2, 0) is 28.6 Å². The van der Waals surface area contributed by atoms with E-state index in [1.165, 1.54) is 4.90 Å². The van der Waals surface area contributed by atoms with Gasteiger partial charge in [0.2, 0.25) is 18.6 Å². The first kappa shape index (κ1) is 30.9. The summed E-state index contributed by atoms with van der Waals surface area (Å²) in [4.78, 5) is 42.3. The molecule has 2 saturated heterocycles. The van der Waals surface area contributed by atoms with E-state index in [0.29, 0.717) is 13.0 Å². The van der Waals surface area contributed by atoms with Crippen LogP contribution in [-0.4, -0.2) is 90.5 Å². The third-order valence-electron chi connectivity index (χ3n) is 7.41. The number of carbonyl (C=O) groups excluding carboxylic acids is 2. The minimum absolute atomic E-state index is 0.0924. The maximum Gasteiger partial charge on any atom is 0.326 e. The number of carbonyl (C=O) groups is 3. The molecule has 2 unspecified atom stereocenters. The van der Waals surface area contributed by atoms with E-state index in [1.54, 1.807) is 0 Å². The highest BCUT2D eigenvalue weighted by Gasteiger charge is 2.43. The summed E-state index contributed by atoms with van der Waals surface area (Å²) >= 11 is 0. The zero-order chi connectivity index (χ0) is 28.4. The van der Waals surface area contributed by atoms with E-state index >= 15 is 0 Å². The summed E-state index contributed by atoms with van der Waals surface area (Å²) in [6.45, 7) is 10.9. The fourth-order valence-corrected chi connectivity index (χ4v) is 5.27. The van der Waals surface area contributed by atoms with Crippen LogP contribution in [0.1, 0.15) is 72.6 Å². The van der Waals surface area contributed by atoms with Crippen molar-refractivity contribution in [3.8, 4) is 0 Å². The molecule has 0 spiro atoms. The van der Waals surface area contributed by atoms with E-state index < -0.39 is 24.2 Å². The summed E-state index contributed by atoms with van der Waals surface area (Å²) in [5.41, 5.74) is 0. The molecule has 3 aliphatic rings. The van der Waals surface area contributed by atoms with Gasteiger partial charge in [-0.05, 0) is 56.8 Å². The van der Waals surface area contributed by atoms with Crippen LogP contribution in [0.5, 0.6) is 0 Å². The van der Waals surface area contributed by atoms with Crippen molar-refractivity contribution in [1.29, 1.82) is 0 Å².